The van der Waals surface area contributed by atoms with Crippen molar-refractivity contribution in [1.29, 1.82) is 0 Å². The van der Waals surface area contributed by atoms with Crippen molar-refractivity contribution in [2.24, 2.45) is 0 Å². The molecule has 0 spiro atoms. The van der Waals surface area contributed by atoms with Crippen LogP contribution in [0.1, 0.15) is 12.8 Å². The van der Waals surface area contributed by atoms with Crippen molar-refractivity contribution in [1.82, 2.24) is 13.9 Å². The van der Waals surface area contributed by atoms with Gasteiger partial charge in [0.25, 0.3) is 0 Å². The SMILES string of the molecule is CN(C)C(=O)OCSN(C)S(=O)(=O)C1CCCN1. The summed E-state index contributed by atoms with van der Waals surface area (Å²) in [5.74, 6) is -0.0283. The van der Waals surface area contributed by atoms with Gasteiger partial charge in [0.2, 0.25) is 10.0 Å². The van der Waals surface area contributed by atoms with Crippen molar-refractivity contribution in [3.8, 4) is 0 Å². The van der Waals surface area contributed by atoms with Gasteiger partial charge in [-0.2, -0.15) is 0 Å². The van der Waals surface area contributed by atoms with Crippen LogP contribution in [0.25, 0.3) is 0 Å². The standard InChI is InChI=1S/C9H19N3O4S2/c1-11(2)9(13)16-7-17-12(3)18(14,15)8-5-4-6-10-8/h8,10H,4-7H2,1-3H3. The minimum Gasteiger partial charge on any atom is -0.437 e. The predicted octanol–water partition coefficient (Wildman–Crippen LogP) is 0.261. The van der Waals surface area contributed by atoms with Gasteiger partial charge < -0.3 is 9.64 Å². The molecule has 1 fully saturated rings. The van der Waals surface area contributed by atoms with Gasteiger partial charge in [0, 0.05) is 21.1 Å². The molecular formula is C9H19N3O4S2. The highest BCUT2D eigenvalue weighted by Gasteiger charge is 2.32. The average Bonchev–Trinajstić information content (AvgIpc) is 2.82. The normalized spacial score (nSPS) is 20.1. The predicted molar refractivity (Wildman–Crippen MR) is 70.3 cm³/mol. The minimum absolute atomic E-state index is 0.0283. The highest BCUT2D eigenvalue weighted by Crippen LogP contribution is 2.21. The van der Waals surface area contributed by atoms with Crippen molar-refractivity contribution in [2.75, 3.05) is 33.6 Å². The summed E-state index contributed by atoms with van der Waals surface area (Å²) in [7, 11) is 1.22. The lowest BCUT2D eigenvalue weighted by Gasteiger charge is -2.20. The fraction of sp³-hybridized carbons (Fsp3) is 0.889. The van der Waals surface area contributed by atoms with Gasteiger partial charge in [0.1, 0.15) is 5.37 Å². The summed E-state index contributed by atoms with van der Waals surface area (Å²) in [5, 5.41) is 2.41. The number of carbonyl (C=O) groups excluding carboxylic acids is 1. The molecule has 1 N–H and O–H groups in total. The van der Waals surface area contributed by atoms with Crippen LogP contribution in [0.5, 0.6) is 0 Å². The Morgan fingerprint density at radius 3 is 2.61 bits per heavy atom. The highest BCUT2D eigenvalue weighted by molar-refractivity contribution is 8.08. The number of ether oxygens (including phenoxy) is 1. The van der Waals surface area contributed by atoms with E-state index < -0.39 is 21.5 Å². The van der Waals surface area contributed by atoms with Gasteiger partial charge in [-0.05, 0) is 31.3 Å². The van der Waals surface area contributed by atoms with Crippen molar-refractivity contribution >= 4 is 28.1 Å². The topological polar surface area (TPSA) is 79.0 Å². The van der Waals surface area contributed by atoms with Crippen molar-refractivity contribution in [3.05, 3.63) is 0 Å². The molecule has 1 heterocycles. The number of hydrogen-bond donors (Lipinski definition) is 1. The zero-order chi connectivity index (χ0) is 13.8. The van der Waals surface area contributed by atoms with E-state index >= 15 is 0 Å². The number of amides is 1. The lowest BCUT2D eigenvalue weighted by atomic mass is 10.4. The maximum atomic E-state index is 12.0. The summed E-state index contributed by atoms with van der Waals surface area (Å²) in [6.07, 6.45) is 0.982. The Bertz CT molecular complexity index is 379. The first-order chi connectivity index (χ1) is 8.35. The first-order valence-electron chi connectivity index (χ1n) is 5.54. The average molecular weight is 297 g/mol. The van der Waals surface area contributed by atoms with Crippen LogP contribution in [-0.2, 0) is 14.8 Å². The van der Waals surface area contributed by atoms with Crippen LogP contribution in [0.4, 0.5) is 4.79 Å². The van der Waals surface area contributed by atoms with E-state index in [1.165, 1.54) is 11.9 Å². The number of nitrogens with zero attached hydrogens (tertiary/aromatic N) is 2. The van der Waals surface area contributed by atoms with Crippen LogP contribution in [0.15, 0.2) is 0 Å². The van der Waals surface area contributed by atoms with Gasteiger partial charge in [-0.3, -0.25) is 5.32 Å². The fourth-order valence-corrected chi connectivity index (χ4v) is 3.92. The number of carbonyl (C=O) groups is 1. The molecule has 18 heavy (non-hydrogen) atoms. The molecule has 7 nitrogen and oxygen atoms in total. The Morgan fingerprint density at radius 2 is 2.11 bits per heavy atom. The molecule has 1 rings (SSSR count). The first-order valence-corrected chi connectivity index (χ1v) is 7.98. The van der Waals surface area contributed by atoms with Crippen LogP contribution in [0.3, 0.4) is 0 Å². The van der Waals surface area contributed by atoms with Crippen molar-refractivity contribution in [3.63, 3.8) is 0 Å². The molecule has 106 valence electrons. The third-order valence-electron chi connectivity index (χ3n) is 2.52. The molecule has 0 aromatic heterocycles. The van der Waals surface area contributed by atoms with Gasteiger partial charge >= 0.3 is 6.09 Å². The quantitative estimate of drug-likeness (QED) is 0.579. The molecule has 0 radical (unpaired) electrons. The number of nitrogens with one attached hydrogen (secondary N) is 1. The van der Waals surface area contributed by atoms with Crippen LogP contribution < -0.4 is 5.32 Å². The second-order valence-electron chi connectivity index (χ2n) is 4.09. The molecule has 1 saturated heterocycles. The van der Waals surface area contributed by atoms with Crippen molar-refractivity contribution < 1.29 is 17.9 Å². The fourth-order valence-electron chi connectivity index (χ4n) is 1.44. The molecule has 0 aliphatic carbocycles. The monoisotopic (exact) mass is 297 g/mol. The largest absolute Gasteiger partial charge is 0.437 e. The van der Waals surface area contributed by atoms with Gasteiger partial charge in [0.05, 0.1) is 0 Å². The summed E-state index contributed by atoms with van der Waals surface area (Å²) < 4.78 is 30.1. The van der Waals surface area contributed by atoms with Gasteiger partial charge in [-0.25, -0.2) is 13.2 Å². The Hall–Kier alpha value is -0.510. The van der Waals surface area contributed by atoms with E-state index in [0.717, 1.165) is 28.6 Å². The summed E-state index contributed by atoms with van der Waals surface area (Å²) in [4.78, 5) is 12.4. The van der Waals surface area contributed by atoms with Crippen LogP contribution in [0, 0.1) is 0 Å². The Morgan fingerprint density at radius 1 is 1.44 bits per heavy atom. The van der Waals surface area contributed by atoms with E-state index in [9.17, 15) is 13.2 Å². The highest BCUT2D eigenvalue weighted by atomic mass is 32.3. The van der Waals surface area contributed by atoms with Crippen LogP contribution >= 0.6 is 11.9 Å². The number of hydrogen-bond acceptors (Lipinski definition) is 6. The van der Waals surface area contributed by atoms with E-state index in [0.29, 0.717) is 6.42 Å². The molecular weight excluding hydrogens is 278 g/mol. The lowest BCUT2D eigenvalue weighted by Crippen LogP contribution is -2.38. The van der Waals surface area contributed by atoms with E-state index in [4.69, 9.17) is 4.74 Å². The third-order valence-corrected chi connectivity index (χ3v) is 5.88. The van der Waals surface area contributed by atoms with Gasteiger partial charge in [-0.15, -0.1) is 3.71 Å². The zero-order valence-corrected chi connectivity index (χ0v) is 12.4. The van der Waals surface area contributed by atoms with Crippen molar-refractivity contribution in [2.45, 2.75) is 18.2 Å². The Balaban J connectivity index is 2.40. The molecule has 0 aromatic rings. The molecule has 0 bridgehead atoms. The second-order valence-corrected chi connectivity index (χ2v) is 7.51. The molecule has 0 saturated carbocycles. The first kappa shape index (κ1) is 15.5. The summed E-state index contributed by atoms with van der Waals surface area (Å²) in [5.41, 5.74) is 0. The minimum atomic E-state index is -3.38. The second kappa shape index (κ2) is 6.60. The summed E-state index contributed by atoms with van der Waals surface area (Å²) in [6, 6.07) is 0. The summed E-state index contributed by atoms with van der Waals surface area (Å²) in [6.45, 7) is 0.720. The van der Waals surface area contributed by atoms with E-state index in [1.54, 1.807) is 14.1 Å². The molecule has 9 heteroatoms. The number of sulfonamides is 1. The smallest absolute Gasteiger partial charge is 0.410 e. The Labute approximate surface area is 112 Å². The molecule has 1 amide bonds. The van der Waals surface area contributed by atoms with E-state index in [2.05, 4.69) is 5.32 Å². The summed E-state index contributed by atoms with van der Waals surface area (Å²) >= 11 is 0.952. The Kier molecular flexibility index (Phi) is 5.70. The maximum Gasteiger partial charge on any atom is 0.410 e. The van der Waals surface area contributed by atoms with Crippen LogP contribution in [-0.4, -0.2) is 62.1 Å². The van der Waals surface area contributed by atoms with Crippen LogP contribution in [0.2, 0.25) is 0 Å². The molecule has 1 unspecified atom stereocenters. The van der Waals surface area contributed by atoms with E-state index in [-0.39, 0.29) is 5.94 Å². The van der Waals surface area contributed by atoms with E-state index in [1.807, 2.05) is 0 Å². The zero-order valence-electron chi connectivity index (χ0n) is 10.7. The van der Waals surface area contributed by atoms with Gasteiger partial charge in [0.15, 0.2) is 5.94 Å². The molecule has 1 aliphatic rings. The molecule has 0 aromatic carbocycles. The molecule has 1 aliphatic heterocycles. The molecule has 1 atom stereocenters. The lowest BCUT2D eigenvalue weighted by molar-refractivity contribution is 0.136. The number of rotatable bonds is 5. The van der Waals surface area contributed by atoms with Gasteiger partial charge in [-0.1, -0.05) is 0 Å². The maximum absolute atomic E-state index is 12.0. The third kappa shape index (κ3) is 4.01.